The van der Waals surface area contributed by atoms with Crippen LogP contribution in [0.5, 0.6) is 0 Å². The van der Waals surface area contributed by atoms with Crippen LogP contribution in [0.1, 0.15) is 32.6 Å². The zero-order valence-corrected chi connectivity index (χ0v) is 13.2. The molecule has 0 aromatic carbocycles. The number of nitrogens with zero attached hydrogens (tertiary/aromatic N) is 4. The Kier molecular flexibility index (Phi) is 4.40. The van der Waals surface area contributed by atoms with E-state index in [1.165, 1.54) is 25.7 Å². The van der Waals surface area contributed by atoms with Gasteiger partial charge in [-0.25, -0.2) is 9.97 Å². The number of piperidine rings is 1. The minimum Gasteiger partial charge on any atom is -0.380 e. The number of likely N-dealkylation sites (N-methyl/N-ethyl adjacent to an activating group) is 1. The average molecular weight is 290 g/mol. The zero-order valence-electron chi connectivity index (χ0n) is 13.2. The Balaban J connectivity index is 1.60. The normalized spacial score (nSPS) is 25.6. The molecule has 2 fully saturated rings. The van der Waals surface area contributed by atoms with Crippen LogP contribution in [0.15, 0.2) is 18.5 Å². The average Bonchev–Trinajstić information content (AvgIpc) is 2.84. The first-order valence-corrected chi connectivity index (χ1v) is 8.08. The van der Waals surface area contributed by atoms with Gasteiger partial charge in [-0.1, -0.05) is 0 Å². The maximum Gasteiger partial charge on any atom is 0.225 e. The van der Waals surface area contributed by atoms with Crippen LogP contribution in [-0.4, -0.2) is 59.8 Å². The van der Waals surface area contributed by atoms with Crippen molar-refractivity contribution in [2.24, 2.45) is 0 Å². The number of hydrogen-bond acceptors (Lipinski definition) is 5. The number of rotatable bonds is 4. The van der Waals surface area contributed by atoms with Crippen molar-refractivity contribution in [2.75, 3.05) is 38.3 Å². The van der Waals surface area contributed by atoms with Gasteiger partial charge in [-0.05, 0) is 45.7 Å². The molecule has 0 unspecified atom stereocenters. The summed E-state index contributed by atoms with van der Waals surface area (Å²) in [5, 5.41) is 0. The summed E-state index contributed by atoms with van der Waals surface area (Å²) in [6.45, 7) is 5.87. The fraction of sp³-hybridized carbons (Fsp3) is 0.750. The van der Waals surface area contributed by atoms with Crippen molar-refractivity contribution in [1.29, 1.82) is 0 Å². The highest BCUT2D eigenvalue weighted by atomic mass is 16.5. The van der Waals surface area contributed by atoms with Crippen LogP contribution in [0.3, 0.4) is 0 Å². The van der Waals surface area contributed by atoms with Crippen LogP contribution in [0.4, 0.5) is 5.95 Å². The van der Waals surface area contributed by atoms with E-state index in [1.807, 2.05) is 18.5 Å². The smallest absolute Gasteiger partial charge is 0.225 e. The largest absolute Gasteiger partial charge is 0.380 e. The third-order valence-electron chi connectivity index (χ3n) is 5.28. The van der Waals surface area contributed by atoms with E-state index in [1.54, 1.807) is 0 Å². The number of hydrogen-bond donors (Lipinski definition) is 0. The van der Waals surface area contributed by atoms with Crippen molar-refractivity contribution >= 4 is 5.95 Å². The summed E-state index contributed by atoms with van der Waals surface area (Å²) >= 11 is 0. The first kappa shape index (κ1) is 14.7. The molecule has 1 aromatic rings. The fourth-order valence-corrected chi connectivity index (χ4v) is 3.82. The summed E-state index contributed by atoms with van der Waals surface area (Å²) in [4.78, 5) is 13.6. The molecule has 2 saturated heterocycles. The standard InChI is InChI=1S/C16H26N4O/c1-3-21-13-14-5-6-16(19(14)2)7-11-20(12-8-16)15-17-9-4-10-18-15/h4,9-10,14H,3,5-8,11-13H2,1-2H3/t14-/m1/s1. The fourth-order valence-electron chi connectivity index (χ4n) is 3.82. The lowest BCUT2D eigenvalue weighted by Gasteiger charge is -2.45. The number of likely N-dealkylation sites (tertiary alicyclic amines) is 1. The van der Waals surface area contributed by atoms with Gasteiger partial charge in [0.05, 0.1) is 6.61 Å². The van der Waals surface area contributed by atoms with Gasteiger partial charge in [0.1, 0.15) is 0 Å². The molecule has 2 aliphatic rings. The third kappa shape index (κ3) is 2.90. The third-order valence-corrected chi connectivity index (χ3v) is 5.28. The van der Waals surface area contributed by atoms with Gasteiger partial charge in [-0.2, -0.15) is 0 Å². The summed E-state index contributed by atoms with van der Waals surface area (Å²) in [5.74, 6) is 0.874. The highest BCUT2D eigenvalue weighted by Crippen LogP contribution is 2.40. The molecule has 3 rings (SSSR count). The zero-order chi connectivity index (χ0) is 14.7. The Hall–Kier alpha value is -1.20. The van der Waals surface area contributed by atoms with Gasteiger partial charge in [-0.15, -0.1) is 0 Å². The van der Waals surface area contributed by atoms with Crippen LogP contribution in [0.25, 0.3) is 0 Å². The molecule has 2 aliphatic heterocycles. The summed E-state index contributed by atoms with van der Waals surface area (Å²) in [5.41, 5.74) is 0.368. The van der Waals surface area contributed by atoms with Crippen molar-refractivity contribution in [3.8, 4) is 0 Å². The highest BCUT2D eigenvalue weighted by molar-refractivity contribution is 5.30. The van der Waals surface area contributed by atoms with Gasteiger partial charge in [0.25, 0.3) is 0 Å². The van der Waals surface area contributed by atoms with Crippen LogP contribution < -0.4 is 4.90 Å². The lowest BCUT2D eigenvalue weighted by molar-refractivity contribution is 0.0461. The summed E-state index contributed by atoms with van der Waals surface area (Å²) in [7, 11) is 2.28. The van der Waals surface area contributed by atoms with Gasteiger partial charge < -0.3 is 9.64 Å². The second-order valence-corrected chi connectivity index (χ2v) is 6.22. The van der Waals surface area contributed by atoms with E-state index in [9.17, 15) is 0 Å². The molecular formula is C16H26N4O. The van der Waals surface area contributed by atoms with E-state index in [-0.39, 0.29) is 0 Å². The van der Waals surface area contributed by atoms with Gasteiger partial charge >= 0.3 is 0 Å². The van der Waals surface area contributed by atoms with Gasteiger partial charge in [-0.3, -0.25) is 4.90 Å². The first-order chi connectivity index (χ1) is 10.2. The molecule has 0 amide bonds. The lowest BCUT2D eigenvalue weighted by atomic mass is 9.85. The molecule has 5 heteroatoms. The van der Waals surface area contributed by atoms with E-state index >= 15 is 0 Å². The Morgan fingerprint density at radius 1 is 1.24 bits per heavy atom. The quantitative estimate of drug-likeness (QED) is 0.848. The summed E-state index contributed by atoms with van der Waals surface area (Å²) < 4.78 is 5.64. The van der Waals surface area contributed by atoms with Gasteiger partial charge in [0.2, 0.25) is 5.95 Å². The predicted octanol–water partition coefficient (Wildman–Crippen LogP) is 1.95. The van der Waals surface area contributed by atoms with Crippen molar-refractivity contribution in [2.45, 2.75) is 44.2 Å². The molecule has 3 heterocycles. The monoisotopic (exact) mass is 290 g/mol. The van der Waals surface area contributed by atoms with E-state index in [0.29, 0.717) is 11.6 Å². The molecule has 1 spiro atoms. The minimum atomic E-state index is 0.368. The van der Waals surface area contributed by atoms with E-state index in [4.69, 9.17) is 4.74 Å². The molecule has 1 aromatic heterocycles. The van der Waals surface area contributed by atoms with Crippen molar-refractivity contribution in [3.63, 3.8) is 0 Å². The molecule has 21 heavy (non-hydrogen) atoms. The van der Waals surface area contributed by atoms with Gasteiger partial charge in [0.15, 0.2) is 0 Å². The lowest BCUT2D eigenvalue weighted by Crippen LogP contribution is -2.53. The van der Waals surface area contributed by atoms with Crippen LogP contribution >= 0.6 is 0 Å². The van der Waals surface area contributed by atoms with E-state index in [0.717, 1.165) is 32.3 Å². The number of aromatic nitrogens is 2. The Labute approximate surface area is 127 Å². The maximum atomic E-state index is 5.64. The molecule has 0 aliphatic carbocycles. The highest BCUT2D eigenvalue weighted by Gasteiger charge is 2.45. The van der Waals surface area contributed by atoms with Crippen LogP contribution in [0.2, 0.25) is 0 Å². The molecule has 1 atom stereocenters. The predicted molar refractivity (Wildman–Crippen MR) is 83.5 cm³/mol. The molecular weight excluding hydrogens is 264 g/mol. The second-order valence-electron chi connectivity index (χ2n) is 6.22. The Bertz CT molecular complexity index is 445. The molecule has 0 radical (unpaired) electrons. The molecule has 116 valence electrons. The maximum absolute atomic E-state index is 5.64. The Morgan fingerprint density at radius 2 is 1.95 bits per heavy atom. The number of anilines is 1. The topological polar surface area (TPSA) is 41.5 Å². The second kappa shape index (κ2) is 6.28. The van der Waals surface area contributed by atoms with Crippen molar-refractivity contribution in [3.05, 3.63) is 18.5 Å². The van der Waals surface area contributed by atoms with Gasteiger partial charge in [0, 0.05) is 43.7 Å². The van der Waals surface area contributed by atoms with Crippen molar-refractivity contribution < 1.29 is 4.74 Å². The number of ether oxygens (including phenoxy) is 1. The Morgan fingerprint density at radius 3 is 2.62 bits per heavy atom. The molecule has 0 bridgehead atoms. The van der Waals surface area contributed by atoms with Crippen LogP contribution in [0, 0.1) is 0 Å². The molecule has 0 saturated carbocycles. The molecule has 0 N–H and O–H groups in total. The summed E-state index contributed by atoms with van der Waals surface area (Å²) in [6.07, 6.45) is 8.61. The first-order valence-electron chi connectivity index (χ1n) is 8.08. The van der Waals surface area contributed by atoms with E-state index in [2.05, 4.69) is 33.7 Å². The molecule has 5 nitrogen and oxygen atoms in total. The SMILES string of the molecule is CCOC[C@H]1CCC2(CCN(c3ncccn3)CC2)N1C. The van der Waals surface area contributed by atoms with Crippen LogP contribution in [-0.2, 0) is 4.74 Å². The minimum absolute atomic E-state index is 0.368. The summed E-state index contributed by atoms with van der Waals surface area (Å²) in [6, 6.07) is 2.46. The van der Waals surface area contributed by atoms with E-state index < -0.39 is 0 Å². The van der Waals surface area contributed by atoms with Crippen molar-refractivity contribution in [1.82, 2.24) is 14.9 Å².